The van der Waals surface area contributed by atoms with Crippen LogP contribution in [-0.4, -0.2) is 29.5 Å². The fourth-order valence-corrected chi connectivity index (χ4v) is 1.77. The van der Waals surface area contributed by atoms with Crippen molar-refractivity contribution in [1.29, 1.82) is 0 Å². The van der Waals surface area contributed by atoms with E-state index in [-0.39, 0.29) is 6.08 Å². The van der Waals surface area contributed by atoms with Gasteiger partial charge in [0, 0.05) is 0 Å². The van der Waals surface area contributed by atoms with Gasteiger partial charge in [0.2, 0.25) is 0 Å². The van der Waals surface area contributed by atoms with Crippen LogP contribution in [0.4, 0.5) is 26.3 Å². The first-order valence-electron chi connectivity index (χ1n) is 3.63. The zero-order valence-electron chi connectivity index (χ0n) is 7.55. The lowest BCUT2D eigenvalue weighted by Crippen LogP contribution is -2.30. The maximum Gasteiger partial charge on any atom is 0.418 e. The highest BCUT2D eigenvalue weighted by molar-refractivity contribution is 7.52. The predicted octanol–water partition coefficient (Wildman–Crippen LogP) is 2.87. The Balaban J connectivity index is 4.70. The van der Waals surface area contributed by atoms with E-state index in [1.807, 2.05) is 0 Å². The third kappa shape index (κ3) is 6.14. The molecule has 0 aromatic carbocycles. The first-order valence-corrected chi connectivity index (χ1v) is 5.40. The van der Waals surface area contributed by atoms with Crippen molar-refractivity contribution in [2.24, 2.45) is 0 Å². The number of hydrogen-bond donors (Lipinski definition) is 1. The number of halogens is 6. The van der Waals surface area contributed by atoms with Crippen LogP contribution in [0.2, 0.25) is 0 Å². The molecular formula is C6H7F6O3P. The molecule has 0 aliphatic rings. The highest BCUT2D eigenvalue weighted by atomic mass is 31.2. The normalized spacial score (nSPS) is 18.9. The lowest BCUT2D eigenvalue weighted by atomic mass is 10.3. The molecule has 0 aliphatic heterocycles. The molecule has 0 rings (SSSR count). The van der Waals surface area contributed by atoms with Crippen molar-refractivity contribution in [2.45, 2.75) is 18.5 Å². The zero-order chi connectivity index (χ0) is 13.2. The summed E-state index contributed by atoms with van der Waals surface area (Å²) in [6.45, 7) is 2.65. The topological polar surface area (TPSA) is 46.5 Å². The van der Waals surface area contributed by atoms with E-state index in [0.717, 1.165) is 0 Å². The fraction of sp³-hybridized carbons (Fsp3) is 0.667. The number of alkyl halides is 6. The molecule has 0 aromatic heterocycles. The SMILES string of the molecule is C=CC(OP(=O)(O)CC(F)(F)F)C(F)(F)F. The largest absolute Gasteiger partial charge is 0.418 e. The first kappa shape index (κ1) is 15.5. The second-order valence-electron chi connectivity index (χ2n) is 2.71. The summed E-state index contributed by atoms with van der Waals surface area (Å²) in [5.41, 5.74) is 0. The fourth-order valence-electron chi connectivity index (χ4n) is 0.678. The summed E-state index contributed by atoms with van der Waals surface area (Å²) in [7, 11) is -5.40. The van der Waals surface area contributed by atoms with Gasteiger partial charge in [-0.05, 0) is 0 Å². The molecule has 0 amide bonds. The molecule has 0 bridgehead atoms. The molecule has 0 fully saturated rings. The van der Waals surface area contributed by atoms with Gasteiger partial charge in [0.1, 0.15) is 6.16 Å². The van der Waals surface area contributed by atoms with Crippen LogP contribution in [0.3, 0.4) is 0 Å². The van der Waals surface area contributed by atoms with E-state index in [2.05, 4.69) is 11.1 Å². The highest BCUT2D eigenvalue weighted by Crippen LogP contribution is 2.49. The van der Waals surface area contributed by atoms with E-state index in [1.165, 1.54) is 0 Å². The van der Waals surface area contributed by atoms with Gasteiger partial charge in [-0.2, -0.15) is 26.3 Å². The minimum absolute atomic E-state index is 0.0965. The van der Waals surface area contributed by atoms with Crippen LogP contribution in [0.15, 0.2) is 12.7 Å². The Morgan fingerprint density at radius 3 is 2.00 bits per heavy atom. The zero-order valence-corrected chi connectivity index (χ0v) is 8.44. The molecule has 10 heteroatoms. The molecule has 96 valence electrons. The molecule has 0 aromatic rings. The summed E-state index contributed by atoms with van der Waals surface area (Å²) >= 11 is 0. The van der Waals surface area contributed by atoms with E-state index in [9.17, 15) is 30.9 Å². The van der Waals surface area contributed by atoms with Crippen LogP contribution in [0.25, 0.3) is 0 Å². The molecule has 0 saturated carbocycles. The standard InChI is InChI=1S/C6H7F6O3P/c1-2-4(6(10,11)12)15-16(13,14)3-5(7,8)9/h2,4H,1,3H2,(H,13,14). The number of hydrogen-bond acceptors (Lipinski definition) is 2. The summed E-state index contributed by atoms with van der Waals surface area (Å²) in [6.07, 6.45) is -15.3. The van der Waals surface area contributed by atoms with Gasteiger partial charge < -0.3 is 4.89 Å². The molecule has 0 heterocycles. The Hall–Kier alpha value is -0.530. The van der Waals surface area contributed by atoms with Crippen LogP contribution in [0.5, 0.6) is 0 Å². The van der Waals surface area contributed by atoms with E-state index in [0.29, 0.717) is 0 Å². The molecule has 16 heavy (non-hydrogen) atoms. The van der Waals surface area contributed by atoms with Gasteiger partial charge in [0.15, 0.2) is 6.10 Å². The minimum atomic E-state index is -5.40. The van der Waals surface area contributed by atoms with Crippen LogP contribution < -0.4 is 0 Å². The Morgan fingerprint density at radius 2 is 1.75 bits per heavy atom. The molecule has 1 N–H and O–H groups in total. The summed E-state index contributed by atoms with van der Waals surface area (Å²) in [4.78, 5) is 8.58. The van der Waals surface area contributed by atoms with E-state index in [4.69, 9.17) is 4.89 Å². The van der Waals surface area contributed by atoms with Crippen LogP contribution in [0, 0.1) is 0 Å². The Morgan fingerprint density at radius 1 is 1.31 bits per heavy atom. The average Bonchev–Trinajstić information content (AvgIpc) is 1.93. The summed E-state index contributed by atoms with van der Waals surface area (Å²) in [5, 5.41) is 0. The predicted molar refractivity (Wildman–Crippen MR) is 41.9 cm³/mol. The van der Waals surface area contributed by atoms with Crippen molar-refractivity contribution >= 4 is 7.60 Å². The molecule has 0 saturated heterocycles. The molecule has 0 radical (unpaired) electrons. The van der Waals surface area contributed by atoms with Gasteiger partial charge >= 0.3 is 19.9 Å². The Kier molecular flexibility index (Phi) is 4.61. The van der Waals surface area contributed by atoms with Gasteiger partial charge in [0.05, 0.1) is 0 Å². The van der Waals surface area contributed by atoms with Gasteiger partial charge in [-0.25, -0.2) is 0 Å². The Labute approximate surface area is 86.2 Å². The third-order valence-corrected chi connectivity index (χ3v) is 2.51. The average molecular weight is 272 g/mol. The molecule has 0 aliphatic carbocycles. The molecule has 3 nitrogen and oxygen atoms in total. The van der Waals surface area contributed by atoms with Crippen molar-refractivity contribution in [2.75, 3.05) is 6.16 Å². The second-order valence-corrected chi connectivity index (χ2v) is 4.52. The van der Waals surface area contributed by atoms with Crippen molar-refractivity contribution in [1.82, 2.24) is 0 Å². The van der Waals surface area contributed by atoms with Crippen molar-refractivity contribution < 1.29 is 40.3 Å². The van der Waals surface area contributed by atoms with E-state index in [1.54, 1.807) is 0 Å². The summed E-state index contributed by atoms with van der Waals surface area (Å²) < 4.78 is 85.2. The Bertz CT molecular complexity index is 296. The van der Waals surface area contributed by atoms with Crippen LogP contribution >= 0.6 is 7.60 Å². The van der Waals surface area contributed by atoms with Crippen molar-refractivity contribution in [3.63, 3.8) is 0 Å². The minimum Gasteiger partial charge on any atom is -0.324 e. The molecule has 2 unspecified atom stereocenters. The van der Waals surface area contributed by atoms with E-state index < -0.39 is 32.2 Å². The number of rotatable bonds is 4. The van der Waals surface area contributed by atoms with Crippen molar-refractivity contribution in [3.05, 3.63) is 12.7 Å². The lowest BCUT2D eigenvalue weighted by molar-refractivity contribution is -0.183. The molecule has 2 atom stereocenters. The van der Waals surface area contributed by atoms with E-state index >= 15 is 0 Å². The summed E-state index contributed by atoms with van der Waals surface area (Å²) in [6, 6.07) is 0. The van der Waals surface area contributed by atoms with Gasteiger partial charge in [-0.15, -0.1) is 6.58 Å². The van der Waals surface area contributed by atoms with Gasteiger partial charge in [-0.3, -0.25) is 9.09 Å². The first-order chi connectivity index (χ1) is 6.87. The van der Waals surface area contributed by atoms with Crippen molar-refractivity contribution in [3.8, 4) is 0 Å². The lowest BCUT2D eigenvalue weighted by Gasteiger charge is -2.21. The molecule has 0 spiro atoms. The highest BCUT2D eigenvalue weighted by Gasteiger charge is 2.46. The molecular weight excluding hydrogens is 265 g/mol. The van der Waals surface area contributed by atoms with Gasteiger partial charge in [-0.1, -0.05) is 6.08 Å². The smallest absolute Gasteiger partial charge is 0.324 e. The maximum absolute atomic E-state index is 12.0. The monoisotopic (exact) mass is 272 g/mol. The van der Waals surface area contributed by atoms with Crippen LogP contribution in [-0.2, 0) is 9.09 Å². The summed E-state index contributed by atoms with van der Waals surface area (Å²) in [5.74, 6) is 0. The van der Waals surface area contributed by atoms with Gasteiger partial charge in [0.25, 0.3) is 0 Å². The second kappa shape index (κ2) is 4.77. The van der Waals surface area contributed by atoms with Crippen LogP contribution in [0.1, 0.15) is 0 Å². The maximum atomic E-state index is 12.0. The quantitative estimate of drug-likeness (QED) is 0.486. The third-order valence-electron chi connectivity index (χ3n) is 1.19.